The molecule has 1 amide bonds. The first-order valence-electron chi connectivity index (χ1n) is 9.65. The molecule has 0 bridgehead atoms. The SMILES string of the molecule is Cc1cccc(CC(=O)N2CC3CCCC3(c3noc(C(C)C)n3)C2)c1. The lowest BCUT2D eigenvalue weighted by atomic mass is 9.80. The van der Waals surface area contributed by atoms with Gasteiger partial charge in [-0.2, -0.15) is 4.98 Å². The molecule has 1 saturated carbocycles. The van der Waals surface area contributed by atoms with Crippen LogP contribution in [0.4, 0.5) is 0 Å². The quantitative estimate of drug-likeness (QED) is 0.842. The van der Waals surface area contributed by atoms with E-state index in [1.54, 1.807) is 0 Å². The van der Waals surface area contributed by atoms with Crippen molar-refractivity contribution in [3.05, 3.63) is 47.1 Å². The zero-order chi connectivity index (χ0) is 18.3. The third-order valence-electron chi connectivity index (χ3n) is 6.04. The molecule has 1 saturated heterocycles. The number of amides is 1. The van der Waals surface area contributed by atoms with Crippen molar-refractivity contribution in [2.45, 2.75) is 57.8 Å². The van der Waals surface area contributed by atoms with Crippen LogP contribution in [0.2, 0.25) is 0 Å². The summed E-state index contributed by atoms with van der Waals surface area (Å²) in [6.45, 7) is 7.72. The molecule has 2 aliphatic rings. The van der Waals surface area contributed by atoms with Gasteiger partial charge in [-0.3, -0.25) is 4.79 Å². The molecule has 0 N–H and O–H groups in total. The zero-order valence-electron chi connectivity index (χ0n) is 15.9. The first kappa shape index (κ1) is 17.3. The van der Waals surface area contributed by atoms with Gasteiger partial charge in [-0.15, -0.1) is 0 Å². The minimum absolute atomic E-state index is 0.112. The molecule has 0 radical (unpaired) electrons. The van der Waals surface area contributed by atoms with E-state index < -0.39 is 0 Å². The summed E-state index contributed by atoms with van der Waals surface area (Å²) in [5.74, 6) is 2.39. The number of aromatic nitrogens is 2. The predicted molar refractivity (Wildman–Crippen MR) is 98.9 cm³/mol. The zero-order valence-corrected chi connectivity index (χ0v) is 15.9. The van der Waals surface area contributed by atoms with Crippen LogP contribution < -0.4 is 0 Å². The molecular formula is C21H27N3O2. The third kappa shape index (κ3) is 2.93. The minimum atomic E-state index is -0.112. The van der Waals surface area contributed by atoms with E-state index in [2.05, 4.69) is 38.1 Å². The predicted octanol–water partition coefficient (Wildman–Crippen LogP) is 3.62. The number of nitrogens with zero attached hydrogens (tertiary/aromatic N) is 3. The van der Waals surface area contributed by atoms with Crippen LogP contribution in [0.5, 0.6) is 0 Å². The molecule has 2 heterocycles. The molecule has 0 spiro atoms. The van der Waals surface area contributed by atoms with Crippen LogP contribution >= 0.6 is 0 Å². The maximum atomic E-state index is 12.9. The highest BCUT2D eigenvalue weighted by Gasteiger charge is 2.54. The Bertz CT molecular complexity index is 813. The van der Waals surface area contributed by atoms with Crippen LogP contribution in [0.1, 0.15) is 61.9 Å². The average molecular weight is 353 g/mol. The van der Waals surface area contributed by atoms with E-state index in [9.17, 15) is 4.79 Å². The van der Waals surface area contributed by atoms with Gasteiger partial charge < -0.3 is 9.42 Å². The van der Waals surface area contributed by atoms with Crippen molar-refractivity contribution in [2.24, 2.45) is 5.92 Å². The van der Waals surface area contributed by atoms with Crippen molar-refractivity contribution in [3.63, 3.8) is 0 Å². The number of likely N-dealkylation sites (tertiary alicyclic amines) is 1. The van der Waals surface area contributed by atoms with Gasteiger partial charge in [0.15, 0.2) is 5.82 Å². The van der Waals surface area contributed by atoms with Crippen molar-refractivity contribution in [1.29, 1.82) is 0 Å². The number of fused-ring (bicyclic) bond motifs is 1. The van der Waals surface area contributed by atoms with Crippen molar-refractivity contribution < 1.29 is 9.32 Å². The highest BCUT2D eigenvalue weighted by atomic mass is 16.5. The normalized spacial score (nSPS) is 25.1. The molecule has 1 aromatic carbocycles. The highest BCUT2D eigenvalue weighted by molar-refractivity contribution is 5.79. The number of carbonyl (C=O) groups is 1. The summed E-state index contributed by atoms with van der Waals surface area (Å²) in [5, 5.41) is 4.32. The molecule has 4 rings (SSSR count). The third-order valence-corrected chi connectivity index (χ3v) is 6.04. The molecule has 2 atom stereocenters. The first-order valence-corrected chi connectivity index (χ1v) is 9.65. The fraction of sp³-hybridized carbons (Fsp3) is 0.571. The summed E-state index contributed by atoms with van der Waals surface area (Å²) in [7, 11) is 0. The smallest absolute Gasteiger partial charge is 0.229 e. The number of aryl methyl sites for hydroxylation is 1. The van der Waals surface area contributed by atoms with Gasteiger partial charge in [0.2, 0.25) is 11.8 Å². The van der Waals surface area contributed by atoms with Gasteiger partial charge in [0.25, 0.3) is 0 Å². The van der Waals surface area contributed by atoms with Crippen molar-refractivity contribution >= 4 is 5.91 Å². The molecule has 138 valence electrons. The number of hydrogen-bond acceptors (Lipinski definition) is 4. The summed E-state index contributed by atoms with van der Waals surface area (Å²) in [6.07, 6.45) is 3.83. The Kier molecular flexibility index (Phi) is 4.33. The largest absolute Gasteiger partial charge is 0.341 e. The number of hydrogen-bond donors (Lipinski definition) is 0. The van der Waals surface area contributed by atoms with Gasteiger partial charge in [0, 0.05) is 19.0 Å². The molecule has 2 aromatic rings. The van der Waals surface area contributed by atoms with Gasteiger partial charge in [0.1, 0.15) is 0 Å². The number of benzene rings is 1. The van der Waals surface area contributed by atoms with Crippen molar-refractivity contribution in [3.8, 4) is 0 Å². The van der Waals surface area contributed by atoms with Gasteiger partial charge >= 0.3 is 0 Å². The second kappa shape index (κ2) is 6.53. The van der Waals surface area contributed by atoms with Gasteiger partial charge in [-0.1, -0.05) is 55.3 Å². The van der Waals surface area contributed by atoms with Gasteiger partial charge in [0.05, 0.1) is 11.8 Å². The standard InChI is InChI=1S/C21H27N3O2/c1-14(2)19-22-20(23-26-19)21-9-5-8-17(21)12-24(13-21)18(25)11-16-7-4-6-15(3)10-16/h4,6-7,10,14,17H,5,8-9,11-13H2,1-3H3. The van der Waals surface area contributed by atoms with Crippen LogP contribution in [0.15, 0.2) is 28.8 Å². The van der Waals surface area contributed by atoms with E-state index in [0.29, 0.717) is 18.2 Å². The lowest BCUT2D eigenvalue weighted by molar-refractivity contribution is -0.129. The van der Waals surface area contributed by atoms with Crippen molar-refractivity contribution in [2.75, 3.05) is 13.1 Å². The summed E-state index contributed by atoms with van der Waals surface area (Å²) < 4.78 is 5.48. The van der Waals surface area contributed by atoms with Crippen LogP contribution in [-0.2, 0) is 16.6 Å². The maximum Gasteiger partial charge on any atom is 0.229 e. The Morgan fingerprint density at radius 1 is 1.42 bits per heavy atom. The molecule has 1 aliphatic carbocycles. The van der Waals surface area contributed by atoms with Crippen molar-refractivity contribution in [1.82, 2.24) is 15.0 Å². The molecule has 26 heavy (non-hydrogen) atoms. The Morgan fingerprint density at radius 3 is 3.00 bits per heavy atom. The lowest BCUT2D eigenvalue weighted by Gasteiger charge is -2.24. The van der Waals surface area contributed by atoms with E-state index >= 15 is 0 Å². The highest BCUT2D eigenvalue weighted by Crippen LogP contribution is 2.49. The fourth-order valence-electron chi connectivity index (χ4n) is 4.63. The van der Waals surface area contributed by atoms with E-state index in [1.807, 2.05) is 17.0 Å². The maximum absolute atomic E-state index is 12.9. The Hall–Kier alpha value is -2.17. The molecule has 1 aromatic heterocycles. The molecular weight excluding hydrogens is 326 g/mol. The average Bonchev–Trinajstić information content (AvgIpc) is 3.28. The summed E-state index contributed by atoms with van der Waals surface area (Å²) in [6, 6.07) is 8.21. The Labute approximate surface area is 154 Å². The van der Waals surface area contributed by atoms with Crippen LogP contribution in [-0.4, -0.2) is 34.0 Å². The monoisotopic (exact) mass is 353 g/mol. The summed E-state index contributed by atoms with van der Waals surface area (Å²) in [4.78, 5) is 19.6. The Balaban J connectivity index is 1.53. The second-order valence-corrected chi connectivity index (χ2v) is 8.30. The Morgan fingerprint density at radius 2 is 2.27 bits per heavy atom. The molecule has 5 nitrogen and oxygen atoms in total. The first-order chi connectivity index (χ1) is 12.5. The summed E-state index contributed by atoms with van der Waals surface area (Å²) in [5.41, 5.74) is 2.17. The number of rotatable bonds is 4. The van der Waals surface area contributed by atoms with E-state index in [-0.39, 0.29) is 17.2 Å². The minimum Gasteiger partial charge on any atom is -0.341 e. The summed E-state index contributed by atoms with van der Waals surface area (Å²) >= 11 is 0. The van der Waals surface area contributed by atoms with Crippen LogP contribution in [0.25, 0.3) is 0 Å². The molecule has 2 unspecified atom stereocenters. The van der Waals surface area contributed by atoms with E-state index in [1.165, 1.54) is 12.0 Å². The second-order valence-electron chi connectivity index (χ2n) is 8.30. The van der Waals surface area contributed by atoms with Gasteiger partial charge in [-0.05, 0) is 31.2 Å². The lowest BCUT2D eigenvalue weighted by Crippen LogP contribution is -2.36. The molecule has 2 fully saturated rings. The van der Waals surface area contributed by atoms with E-state index in [0.717, 1.165) is 37.3 Å². The van der Waals surface area contributed by atoms with Crippen LogP contribution in [0.3, 0.4) is 0 Å². The molecule has 1 aliphatic heterocycles. The van der Waals surface area contributed by atoms with Gasteiger partial charge in [-0.25, -0.2) is 0 Å². The van der Waals surface area contributed by atoms with E-state index in [4.69, 9.17) is 9.51 Å². The topological polar surface area (TPSA) is 59.2 Å². The molecule has 5 heteroatoms. The van der Waals surface area contributed by atoms with Crippen LogP contribution in [0, 0.1) is 12.8 Å². The number of carbonyl (C=O) groups excluding carboxylic acids is 1. The fourth-order valence-corrected chi connectivity index (χ4v) is 4.63.